The summed E-state index contributed by atoms with van der Waals surface area (Å²) in [5, 5.41) is -0.365. The van der Waals surface area contributed by atoms with Gasteiger partial charge in [-0.25, -0.2) is 12.7 Å². The highest BCUT2D eigenvalue weighted by molar-refractivity contribution is 7.89. The van der Waals surface area contributed by atoms with Crippen LogP contribution in [0.2, 0.25) is 0 Å². The van der Waals surface area contributed by atoms with Gasteiger partial charge in [-0.1, -0.05) is 18.2 Å². The minimum Gasteiger partial charge on any atom is -0.487 e. The molecule has 0 radical (unpaired) electrons. The minimum absolute atomic E-state index is 0.0808. The maximum atomic E-state index is 12.5. The van der Waals surface area contributed by atoms with Crippen LogP contribution >= 0.6 is 0 Å². The van der Waals surface area contributed by atoms with E-state index in [-0.39, 0.29) is 17.4 Å². The number of hydrogen-bond donors (Lipinski definition) is 0. The smallest absolute Gasteiger partial charge is 0.216 e. The number of benzene rings is 1. The Balaban J connectivity index is 1.46. The number of likely N-dealkylation sites (tertiary alicyclic amines) is 1. The van der Waals surface area contributed by atoms with E-state index in [1.165, 1.54) is 5.56 Å². The molecule has 2 aromatic rings. The van der Waals surface area contributed by atoms with Crippen LogP contribution in [0.5, 0.6) is 5.75 Å². The molecule has 0 saturated carbocycles. The van der Waals surface area contributed by atoms with Crippen LogP contribution in [0, 0.1) is 0 Å². The first kappa shape index (κ1) is 20.3. The second kappa shape index (κ2) is 8.42. The van der Waals surface area contributed by atoms with Crippen molar-refractivity contribution in [1.82, 2.24) is 14.2 Å². The largest absolute Gasteiger partial charge is 0.487 e. The number of para-hydroxylation sites is 1. The Bertz CT molecular complexity index is 897. The van der Waals surface area contributed by atoms with Crippen molar-refractivity contribution < 1.29 is 13.2 Å². The van der Waals surface area contributed by atoms with Crippen LogP contribution in [0.15, 0.2) is 54.9 Å². The quantitative estimate of drug-likeness (QED) is 0.726. The van der Waals surface area contributed by atoms with E-state index in [0.29, 0.717) is 19.1 Å². The third kappa shape index (κ3) is 4.17. The average Bonchev–Trinajstić information content (AvgIpc) is 2.72. The van der Waals surface area contributed by atoms with Gasteiger partial charge >= 0.3 is 0 Å². The second-order valence-corrected chi connectivity index (χ2v) is 10.6. The van der Waals surface area contributed by atoms with Crippen molar-refractivity contribution in [3.63, 3.8) is 0 Å². The Hall–Kier alpha value is -1.96. The molecule has 2 aliphatic rings. The van der Waals surface area contributed by atoms with Crippen molar-refractivity contribution in [3.05, 3.63) is 60.4 Å². The third-order valence-corrected chi connectivity index (χ3v) is 8.30. The fraction of sp³-hybridized carbons (Fsp3) is 0.500. The molecule has 3 heterocycles. The maximum Gasteiger partial charge on any atom is 0.216 e. The maximum absolute atomic E-state index is 12.5. The molecule has 4 rings (SSSR count). The molecule has 6 nitrogen and oxygen atoms in total. The summed E-state index contributed by atoms with van der Waals surface area (Å²) in [6.07, 6.45) is 5.43. The summed E-state index contributed by atoms with van der Waals surface area (Å²) in [5.74, 6) is 0.883. The molecular weight excluding hydrogens is 386 g/mol. The summed E-state index contributed by atoms with van der Waals surface area (Å²) < 4.78 is 32.9. The number of hydrogen-bond acceptors (Lipinski definition) is 5. The molecule has 2 atom stereocenters. The zero-order valence-corrected chi connectivity index (χ0v) is 17.8. The van der Waals surface area contributed by atoms with Gasteiger partial charge in [-0.15, -0.1) is 0 Å². The molecule has 29 heavy (non-hydrogen) atoms. The summed E-state index contributed by atoms with van der Waals surface area (Å²) in [4.78, 5) is 6.63. The van der Waals surface area contributed by atoms with Crippen LogP contribution < -0.4 is 4.74 Å². The monoisotopic (exact) mass is 415 g/mol. The van der Waals surface area contributed by atoms with Crippen LogP contribution in [-0.2, 0) is 10.0 Å². The lowest BCUT2D eigenvalue weighted by atomic mass is 9.87. The van der Waals surface area contributed by atoms with Crippen LogP contribution in [0.4, 0.5) is 0 Å². The summed E-state index contributed by atoms with van der Waals surface area (Å²) in [6.45, 7) is 5.54. The van der Waals surface area contributed by atoms with Gasteiger partial charge in [-0.2, -0.15) is 0 Å². The molecule has 2 aliphatic heterocycles. The van der Waals surface area contributed by atoms with E-state index in [9.17, 15) is 8.42 Å². The molecule has 0 unspecified atom stereocenters. The molecule has 2 saturated heterocycles. The van der Waals surface area contributed by atoms with Gasteiger partial charge in [0.2, 0.25) is 10.0 Å². The van der Waals surface area contributed by atoms with Gasteiger partial charge in [0.05, 0.1) is 11.3 Å². The zero-order chi connectivity index (χ0) is 20.4. The molecule has 7 heteroatoms. The van der Waals surface area contributed by atoms with Gasteiger partial charge in [0.15, 0.2) is 0 Å². The van der Waals surface area contributed by atoms with E-state index < -0.39 is 10.0 Å². The number of sulfonamides is 1. The lowest BCUT2D eigenvalue weighted by Crippen LogP contribution is -2.62. The van der Waals surface area contributed by atoms with Crippen molar-refractivity contribution in [2.45, 2.75) is 50.1 Å². The molecule has 0 N–H and O–H groups in total. The number of pyridine rings is 1. The van der Waals surface area contributed by atoms with Crippen molar-refractivity contribution >= 4 is 10.0 Å². The van der Waals surface area contributed by atoms with E-state index in [2.05, 4.69) is 22.0 Å². The molecule has 156 valence electrons. The van der Waals surface area contributed by atoms with E-state index in [1.54, 1.807) is 18.2 Å². The predicted octanol–water partition coefficient (Wildman–Crippen LogP) is 3.09. The number of piperidine rings is 1. The summed E-state index contributed by atoms with van der Waals surface area (Å²) in [6, 6.07) is 14.6. The van der Waals surface area contributed by atoms with Gasteiger partial charge in [-0.05, 0) is 56.5 Å². The number of nitrogens with zero attached hydrogens (tertiary/aromatic N) is 3. The molecule has 0 aliphatic carbocycles. The van der Waals surface area contributed by atoms with Gasteiger partial charge in [0.25, 0.3) is 0 Å². The van der Waals surface area contributed by atoms with E-state index in [0.717, 1.165) is 25.1 Å². The Kier molecular flexibility index (Phi) is 5.90. The Morgan fingerprint density at radius 2 is 1.69 bits per heavy atom. The van der Waals surface area contributed by atoms with Crippen LogP contribution in [-0.4, -0.2) is 59.6 Å². The van der Waals surface area contributed by atoms with Crippen molar-refractivity contribution in [3.8, 4) is 5.75 Å². The summed E-state index contributed by atoms with van der Waals surface area (Å²) in [5.41, 5.74) is 1.20. The molecule has 2 fully saturated rings. The summed E-state index contributed by atoms with van der Waals surface area (Å²) >= 11 is 0. The van der Waals surface area contributed by atoms with Crippen LogP contribution in [0.25, 0.3) is 0 Å². The van der Waals surface area contributed by atoms with Crippen molar-refractivity contribution in [2.75, 3.05) is 19.6 Å². The summed E-state index contributed by atoms with van der Waals surface area (Å²) in [7, 11) is -3.17. The normalized spacial score (nSPS) is 24.4. The molecular formula is C22H29N3O3S. The van der Waals surface area contributed by atoms with Crippen molar-refractivity contribution in [1.29, 1.82) is 0 Å². The fourth-order valence-corrected chi connectivity index (χ4v) is 5.66. The molecule has 0 bridgehead atoms. The van der Waals surface area contributed by atoms with E-state index >= 15 is 0 Å². The van der Waals surface area contributed by atoms with Gasteiger partial charge in [0, 0.05) is 38.1 Å². The SMILES string of the molecule is CC(C)S(=O)(=O)N1CCC(N2C[C@H](Oc3ccccc3)[C@@H]2c2ccncc2)CC1. The molecule has 0 spiro atoms. The van der Waals surface area contributed by atoms with Crippen LogP contribution in [0.3, 0.4) is 0 Å². The number of ether oxygens (including phenoxy) is 1. The fourth-order valence-electron chi connectivity index (χ4n) is 4.34. The average molecular weight is 416 g/mol. The first-order valence-corrected chi connectivity index (χ1v) is 11.8. The van der Waals surface area contributed by atoms with E-state index in [4.69, 9.17) is 4.74 Å². The van der Waals surface area contributed by atoms with Gasteiger partial charge in [0.1, 0.15) is 11.9 Å². The first-order valence-electron chi connectivity index (χ1n) is 10.3. The molecule has 1 aromatic carbocycles. The third-order valence-electron chi connectivity index (χ3n) is 6.03. The lowest BCUT2D eigenvalue weighted by molar-refractivity contribution is -0.0826. The second-order valence-electron chi connectivity index (χ2n) is 8.12. The first-order chi connectivity index (χ1) is 14.0. The Morgan fingerprint density at radius 1 is 1.03 bits per heavy atom. The topological polar surface area (TPSA) is 62.7 Å². The highest BCUT2D eigenvalue weighted by Crippen LogP contribution is 2.40. The van der Waals surface area contributed by atoms with Gasteiger partial charge in [-0.3, -0.25) is 9.88 Å². The zero-order valence-electron chi connectivity index (χ0n) is 17.0. The predicted molar refractivity (Wildman–Crippen MR) is 113 cm³/mol. The Morgan fingerprint density at radius 3 is 2.31 bits per heavy atom. The highest BCUT2D eigenvalue weighted by Gasteiger charge is 2.46. The number of aromatic nitrogens is 1. The van der Waals surface area contributed by atoms with E-state index in [1.807, 2.05) is 42.7 Å². The molecule has 0 amide bonds. The van der Waals surface area contributed by atoms with Gasteiger partial charge < -0.3 is 4.74 Å². The van der Waals surface area contributed by atoms with Crippen molar-refractivity contribution in [2.24, 2.45) is 0 Å². The Labute approximate surface area is 173 Å². The lowest BCUT2D eigenvalue weighted by Gasteiger charge is -2.53. The number of rotatable bonds is 6. The molecule has 1 aromatic heterocycles. The van der Waals surface area contributed by atoms with Crippen LogP contribution in [0.1, 0.15) is 38.3 Å². The standard InChI is InChI=1S/C22H29N3O3S/c1-17(2)29(26,27)24-14-10-19(11-15-24)25-16-21(28-20-6-4-3-5-7-20)22(25)18-8-12-23-13-9-18/h3-9,12-13,17,19,21-22H,10-11,14-16H2,1-2H3/t21-,22-/m0/s1. The minimum atomic E-state index is -3.17. The highest BCUT2D eigenvalue weighted by atomic mass is 32.2.